The first-order valence-electron chi connectivity index (χ1n) is 8.06. The number of rotatable bonds is 3. The van der Waals surface area contributed by atoms with Crippen molar-refractivity contribution in [2.75, 3.05) is 14.2 Å². The maximum absolute atomic E-state index is 13.1. The number of nitrogens with zero attached hydrogens (tertiary/aromatic N) is 2. The largest absolute Gasteiger partial charge is 0.497 e. The number of hydrogen-bond acceptors (Lipinski definition) is 6. The summed E-state index contributed by atoms with van der Waals surface area (Å²) in [5, 5.41) is 0. The van der Waals surface area contributed by atoms with Gasteiger partial charge in [0.05, 0.1) is 26.2 Å². The molecule has 0 spiro atoms. The van der Waals surface area contributed by atoms with Gasteiger partial charge in [-0.3, -0.25) is 14.0 Å². The minimum atomic E-state index is -0.510. The van der Waals surface area contributed by atoms with Crippen LogP contribution in [0.5, 0.6) is 17.4 Å². The normalized spacial score (nSPS) is 16.1. The van der Waals surface area contributed by atoms with Crippen LogP contribution in [0, 0.1) is 0 Å². The Morgan fingerprint density at radius 2 is 2.00 bits per heavy atom. The number of carbonyl (C=O) groups excluding carboxylic acids is 1. The quantitative estimate of drug-likeness (QED) is 0.672. The van der Waals surface area contributed by atoms with Crippen LogP contribution in [0.15, 0.2) is 47.4 Å². The van der Waals surface area contributed by atoms with Gasteiger partial charge >= 0.3 is 5.97 Å². The van der Waals surface area contributed by atoms with Crippen LogP contribution in [0.1, 0.15) is 23.5 Å². The van der Waals surface area contributed by atoms with Gasteiger partial charge in [-0.05, 0) is 18.2 Å². The molecule has 7 heteroatoms. The molecule has 132 valence electrons. The fraction of sp³-hybridized carbons (Fsp3) is 0.211. The smallest absolute Gasteiger partial charge is 0.313 e. The van der Waals surface area contributed by atoms with E-state index in [1.165, 1.54) is 11.5 Å². The Morgan fingerprint density at radius 1 is 1.15 bits per heavy atom. The highest BCUT2D eigenvalue weighted by Gasteiger charge is 2.34. The molecule has 0 amide bonds. The van der Waals surface area contributed by atoms with E-state index in [1.807, 2.05) is 0 Å². The summed E-state index contributed by atoms with van der Waals surface area (Å²) in [6.45, 7) is 0. The van der Waals surface area contributed by atoms with Crippen molar-refractivity contribution < 1.29 is 19.0 Å². The van der Waals surface area contributed by atoms with Crippen molar-refractivity contribution in [1.82, 2.24) is 9.38 Å². The average molecular weight is 352 g/mol. The second-order valence-electron chi connectivity index (χ2n) is 5.90. The molecule has 26 heavy (non-hydrogen) atoms. The van der Waals surface area contributed by atoms with E-state index >= 15 is 0 Å². The average Bonchev–Trinajstić information content (AvgIpc) is 2.66. The molecule has 0 bridgehead atoms. The Morgan fingerprint density at radius 3 is 2.77 bits per heavy atom. The van der Waals surface area contributed by atoms with Gasteiger partial charge in [0.25, 0.3) is 5.56 Å². The maximum Gasteiger partial charge on any atom is 0.313 e. The van der Waals surface area contributed by atoms with Gasteiger partial charge in [0, 0.05) is 23.7 Å². The third-order valence-electron chi connectivity index (χ3n) is 4.48. The zero-order chi connectivity index (χ0) is 18.3. The van der Waals surface area contributed by atoms with E-state index in [4.69, 9.17) is 14.2 Å². The van der Waals surface area contributed by atoms with E-state index in [2.05, 4.69) is 4.98 Å². The molecule has 0 radical (unpaired) electrons. The fourth-order valence-corrected chi connectivity index (χ4v) is 3.25. The van der Waals surface area contributed by atoms with E-state index in [0.717, 1.165) is 0 Å². The van der Waals surface area contributed by atoms with Crippen molar-refractivity contribution in [2.45, 2.75) is 12.3 Å². The molecule has 0 fully saturated rings. The highest BCUT2D eigenvalue weighted by molar-refractivity contribution is 5.77. The minimum absolute atomic E-state index is 0.0332. The third-order valence-corrected chi connectivity index (χ3v) is 4.48. The van der Waals surface area contributed by atoms with Crippen LogP contribution in [-0.4, -0.2) is 29.6 Å². The molecule has 7 nitrogen and oxygen atoms in total. The monoisotopic (exact) mass is 352 g/mol. The molecule has 3 heterocycles. The molecule has 1 aliphatic rings. The maximum atomic E-state index is 13.1. The number of methoxy groups -OCH3 is 2. The van der Waals surface area contributed by atoms with Crippen LogP contribution in [0.2, 0.25) is 0 Å². The predicted molar refractivity (Wildman–Crippen MR) is 93.1 cm³/mol. The zero-order valence-electron chi connectivity index (χ0n) is 14.3. The molecule has 1 aliphatic heterocycles. The summed E-state index contributed by atoms with van der Waals surface area (Å²) < 4.78 is 17.4. The fourth-order valence-electron chi connectivity index (χ4n) is 3.25. The van der Waals surface area contributed by atoms with Crippen LogP contribution < -0.4 is 19.8 Å². The molecule has 0 aliphatic carbocycles. The summed E-state index contributed by atoms with van der Waals surface area (Å²) in [6.07, 6.45) is 1.68. The number of carbonyl (C=O) groups is 1. The first kappa shape index (κ1) is 16.1. The summed E-state index contributed by atoms with van der Waals surface area (Å²) in [7, 11) is 3.09. The Bertz CT molecular complexity index is 1070. The van der Waals surface area contributed by atoms with Crippen molar-refractivity contribution in [1.29, 1.82) is 0 Å². The third kappa shape index (κ3) is 2.48. The lowest BCUT2D eigenvalue weighted by molar-refractivity contribution is -0.135. The second kappa shape index (κ2) is 6.18. The number of benzene rings is 1. The van der Waals surface area contributed by atoms with Crippen LogP contribution in [-0.2, 0) is 4.79 Å². The van der Waals surface area contributed by atoms with Gasteiger partial charge in [-0.1, -0.05) is 12.1 Å². The van der Waals surface area contributed by atoms with Crippen molar-refractivity contribution >= 4 is 11.6 Å². The van der Waals surface area contributed by atoms with Crippen molar-refractivity contribution in [3.63, 3.8) is 0 Å². The molecule has 0 unspecified atom stereocenters. The first-order chi connectivity index (χ1) is 12.6. The molecular weight excluding hydrogens is 336 g/mol. The van der Waals surface area contributed by atoms with Gasteiger partial charge in [0.2, 0.25) is 5.88 Å². The van der Waals surface area contributed by atoms with E-state index in [9.17, 15) is 9.59 Å². The molecule has 0 saturated carbocycles. The molecule has 0 N–H and O–H groups in total. The highest BCUT2D eigenvalue weighted by Crippen LogP contribution is 2.40. The van der Waals surface area contributed by atoms with E-state index in [1.54, 1.807) is 49.7 Å². The van der Waals surface area contributed by atoms with E-state index < -0.39 is 11.9 Å². The van der Waals surface area contributed by atoms with Gasteiger partial charge in [-0.15, -0.1) is 0 Å². The van der Waals surface area contributed by atoms with Crippen molar-refractivity contribution in [3.8, 4) is 17.4 Å². The molecule has 3 aromatic rings. The molecule has 4 rings (SSSR count). The zero-order valence-corrected chi connectivity index (χ0v) is 14.3. The van der Waals surface area contributed by atoms with Gasteiger partial charge in [-0.25, -0.2) is 0 Å². The van der Waals surface area contributed by atoms with Gasteiger partial charge in [0.15, 0.2) is 0 Å². The number of ether oxygens (including phenoxy) is 3. The molecule has 0 saturated heterocycles. The van der Waals surface area contributed by atoms with Crippen molar-refractivity contribution in [2.24, 2.45) is 0 Å². The molecular formula is C19H16N2O5. The standard InChI is InChI=1S/C19H16N2O5/c1-24-11-6-7-12(14(9-11)25-2)13-10-16(22)26-18-17(13)19(23)21-8-4-3-5-15(21)20-18/h3-9,13H,10H2,1-2H3/t13-/m0/s1. The van der Waals surface area contributed by atoms with E-state index in [-0.39, 0.29) is 17.9 Å². The van der Waals surface area contributed by atoms with Gasteiger partial charge < -0.3 is 14.2 Å². The number of esters is 1. The summed E-state index contributed by atoms with van der Waals surface area (Å²) in [5.41, 5.74) is 1.21. The summed E-state index contributed by atoms with van der Waals surface area (Å²) in [5.74, 6) is 0.266. The number of pyridine rings is 1. The Balaban J connectivity index is 1.97. The number of aromatic nitrogens is 2. The van der Waals surface area contributed by atoms with Crippen LogP contribution in [0.25, 0.3) is 5.65 Å². The van der Waals surface area contributed by atoms with Crippen LogP contribution in [0.3, 0.4) is 0 Å². The lowest BCUT2D eigenvalue weighted by Crippen LogP contribution is -2.31. The Kier molecular flexibility index (Phi) is 3.84. The SMILES string of the molecule is COc1ccc([C@@H]2CC(=O)Oc3nc4ccccn4c(=O)c32)c(OC)c1. The van der Waals surface area contributed by atoms with Crippen molar-refractivity contribution in [3.05, 3.63) is 64.1 Å². The summed E-state index contributed by atoms with van der Waals surface area (Å²) in [4.78, 5) is 29.5. The first-order valence-corrected chi connectivity index (χ1v) is 8.06. The second-order valence-corrected chi connectivity index (χ2v) is 5.90. The predicted octanol–water partition coefficient (Wildman–Crippen LogP) is 2.15. The van der Waals surface area contributed by atoms with Crippen LogP contribution in [0.4, 0.5) is 0 Å². The number of hydrogen-bond donors (Lipinski definition) is 0. The van der Waals surface area contributed by atoms with E-state index in [0.29, 0.717) is 28.3 Å². The highest BCUT2D eigenvalue weighted by atomic mass is 16.5. The summed E-state index contributed by atoms with van der Waals surface area (Å²) >= 11 is 0. The Labute approximate surface area is 148 Å². The molecule has 1 aromatic carbocycles. The lowest BCUT2D eigenvalue weighted by Gasteiger charge is -2.25. The Hall–Kier alpha value is -3.35. The minimum Gasteiger partial charge on any atom is -0.497 e. The molecule has 2 aromatic heterocycles. The summed E-state index contributed by atoms with van der Waals surface area (Å²) in [6, 6.07) is 10.5. The lowest BCUT2D eigenvalue weighted by atomic mass is 9.87. The van der Waals surface area contributed by atoms with Gasteiger partial charge in [0.1, 0.15) is 17.1 Å². The topological polar surface area (TPSA) is 79.1 Å². The molecule has 1 atom stereocenters. The van der Waals surface area contributed by atoms with Crippen LogP contribution >= 0.6 is 0 Å². The number of fused-ring (bicyclic) bond motifs is 2. The van der Waals surface area contributed by atoms with Gasteiger partial charge in [-0.2, -0.15) is 4.98 Å².